The van der Waals surface area contributed by atoms with E-state index in [-0.39, 0.29) is 5.41 Å². The van der Waals surface area contributed by atoms with Crippen LogP contribution >= 0.6 is 0 Å². The highest BCUT2D eigenvalue weighted by molar-refractivity contribution is 5.83. The number of hydrogen-bond acceptors (Lipinski definition) is 3. The predicted octanol–water partition coefficient (Wildman–Crippen LogP) is 4.44. The highest BCUT2D eigenvalue weighted by atomic mass is 15.2. The molecular formula is C19H25N3. The third kappa shape index (κ3) is 3.22. The Morgan fingerprint density at radius 1 is 1.14 bits per heavy atom. The molecule has 1 heterocycles. The summed E-state index contributed by atoms with van der Waals surface area (Å²) in [6.07, 6.45) is 0.397. The van der Waals surface area contributed by atoms with Gasteiger partial charge in [0.25, 0.3) is 0 Å². The molecule has 1 aromatic carbocycles. The first kappa shape index (κ1) is 16.3. The van der Waals surface area contributed by atoms with Gasteiger partial charge in [0.05, 0.1) is 18.0 Å². The maximum atomic E-state index is 9.13. The number of hydrogen-bond donors (Lipinski definition) is 0. The first-order chi connectivity index (χ1) is 10.4. The van der Waals surface area contributed by atoms with Crippen LogP contribution in [0.4, 0.5) is 5.82 Å². The molecule has 0 atom stereocenters. The maximum Gasteiger partial charge on any atom is 0.133 e. The molecule has 22 heavy (non-hydrogen) atoms. The lowest BCUT2D eigenvalue weighted by Crippen LogP contribution is -2.24. The van der Waals surface area contributed by atoms with Crippen molar-refractivity contribution < 1.29 is 0 Å². The first-order valence-electron chi connectivity index (χ1n) is 7.96. The topological polar surface area (TPSA) is 39.9 Å². The molecular weight excluding hydrogens is 270 g/mol. The molecule has 3 nitrogen and oxygen atoms in total. The minimum Gasteiger partial charge on any atom is -0.357 e. The van der Waals surface area contributed by atoms with E-state index in [9.17, 15) is 0 Å². The van der Waals surface area contributed by atoms with Crippen molar-refractivity contribution in [2.24, 2.45) is 0 Å². The van der Waals surface area contributed by atoms with Crippen molar-refractivity contribution in [3.05, 3.63) is 35.4 Å². The Bertz CT molecular complexity index is 701. The van der Waals surface area contributed by atoms with Crippen molar-refractivity contribution in [2.75, 3.05) is 18.0 Å². The number of benzene rings is 1. The fourth-order valence-electron chi connectivity index (χ4n) is 2.69. The normalized spacial score (nSPS) is 11.5. The Labute approximate surface area is 133 Å². The Morgan fingerprint density at radius 3 is 2.36 bits per heavy atom. The molecule has 0 aliphatic heterocycles. The second-order valence-electron chi connectivity index (χ2n) is 6.64. The van der Waals surface area contributed by atoms with Gasteiger partial charge < -0.3 is 4.90 Å². The van der Waals surface area contributed by atoms with Crippen LogP contribution in [-0.4, -0.2) is 18.1 Å². The summed E-state index contributed by atoms with van der Waals surface area (Å²) in [4.78, 5) is 7.05. The summed E-state index contributed by atoms with van der Waals surface area (Å²) in [6, 6.07) is 10.9. The molecule has 116 valence electrons. The van der Waals surface area contributed by atoms with E-state index in [2.05, 4.69) is 69.9 Å². The average molecular weight is 295 g/mol. The van der Waals surface area contributed by atoms with Gasteiger partial charge in [0, 0.05) is 24.0 Å². The summed E-state index contributed by atoms with van der Waals surface area (Å²) in [6.45, 7) is 12.7. The molecule has 0 N–H and O–H groups in total. The van der Waals surface area contributed by atoms with E-state index in [1.165, 1.54) is 5.56 Å². The zero-order chi connectivity index (χ0) is 16.3. The van der Waals surface area contributed by atoms with Gasteiger partial charge in [0.2, 0.25) is 0 Å². The van der Waals surface area contributed by atoms with Crippen LogP contribution in [-0.2, 0) is 11.8 Å². The highest BCUT2D eigenvalue weighted by Crippen LogP contribution is 2.29. The molecule has 0 aliphatic rings. The average Bonchev–Trinajstić information content (AvgIpc) is 2.47. The molecule has 0 saturated heterocycles. The molecule has 2 aromatic rings. The van der Waals surface area contributed by atoms with Crippen LogP contribution in [0.3, 0.4) is 0 Å². The van der Waals surface area contributed by atoms with Crippen molar-refractivity contribution >= 4 is 16.7 Å². The number of fused-ring (bicyclic) bond motifs is 1. The summed E-state index contributed by atoms with van der Waals surface area (Å²) >= 11 is 0. The minimum absolute atomic E-state index is 0.112. The molecule has 1 aromatic heterocycles. The van der Waals surface area contributed by atoms with Gasteiger partial charge in [0.1, 0.15) is 5.82 Å². The van der Waals surface area contributed by atoms with Crippen LogP contribution in [0.25, 0.3) is 10.9 Å². The van der Waals surface area contributed by atoms with Crippen LogP contribution in [0.15, 0.2) is 24.3 Å². The fraction of sp³-hybridized carbons (Fsp3) is 0.474. The Morgan fingerprint density at radius 2 is 1.82 bits per heavy atom. The van der Waals surface area contributed by atoms with Crippen LogP contribution in [0.5, 0.6) is 0 Å². The summed E-state index contributed by atoms with van der Waals surface area (Å²) in [5.41, 5.74) is 3.42. The number of anilines is 1. The van der Waals surface area contributed by atoms with E-state index >= 15 is 0 Å². The summed E-state index contributed by atoms with van der Waals surface area (Å²) < 4.78 is 0. The van der Waals surface area contributed by atoms with E-state index in [1.54, 1.807) is 0 Å². The van der Waals surface area contributed by atoms with Gasteiger partial charge in [-0.25, -0.2) is 4.98 Å². The third-order valence-corrected chi connectivity index (χ3v) is 4.07. The lowest BCUT2D eigenvalue weighted by Gasteiger charge is -2.24. The largest absolute Gasteiger partial charge is 0.357 e. The zero-order valence-electron chi connectivity index (χ0n) is 14.3. The monoisotopic (exact) mass is 295 g/mol. The number of aromatic nitrogens is 1. The second kappa shape index (κ2) is 6.36. The summed E-state index contributed by atoms with van der Waals surface area (Å²) in [5.74, 6) is 0.947. The maximum absolute atomic E-state index is 9.13. The molecule has 0 saturated carbocycles. The van der Waals surface area contributed by atoms with Crippen LogP contribution in [0.2, 0.25) is 0 Å². The van der Waals surface area contributed by atoms with Crippen molar-refractivity contribution in [2.45, 2.75) is 46.5 Å². The second-order valence-corrected chi connectivity index (χ2v) is 6.64. The Hall–Kier alpha value is -2.08. The highest BCUT2D eigenvalue weighted by Gasteiger charge is 2.16. The van der Waals surface area contributed by atoms with Crippen molar-refractivity contribution in [3.63, 3.8) is 0 Å². The van der Waals surface area contributed by atoms with Crippen LogP contribution in [0.1, 0.15) is 45.7 Å². The van der Waals surface area contributed by atoms with E-state index in [4.69, 9.17) is 10.2 Å². The molecule has 0 unspecified atom stereocenters. The molecule has 0 fully saturated rings. The molecule has 0 bridgehead atoms. The van der Waals surface area contributed by atoms with Gasteiger partial charge in [-0.05, 0) is 43.0 Å². The van der Waals surface area contributed by atoms with Gasteiger partial charge in [-0.2, -0.15) is 5.26 Å². The zero-order valence-corrected chi connectivity index (χ0v) is 14.3. The SMILES string of the molecule is CCN(CC)c1nc2ccc(C(C)(C)C)cc2cc1CC#N. The Balaban J connectivity index is 2.64. The van der Waals surface area contributed by atoms with E-state index in [0.717, 1.165) is 35.4 Å². The summed E-state index contributed by atoms with van der Waals surface area (Å²) in [7, 11) is 0. The number of pyridine rings is 1. The molecule has 0 aliphatic carbocycles. The van der Waals surface area contributed by atoms with Gasteiger partial charge in [-0.1, -0.05) is 26.8 Å². The fourth-order valence-corrected chi connectivity index (χ4v) is 2.69. The minimum atomic E-state index is 0.112. The smallest absolute Gasteiger partial charge is 0.133 e. The van der Waals surface area contributed by atoms with E-state index in [0.29, 0.717) is 6.42 Å². The standard InChI is InChI=1S/C19H25N3/c1-6-22(7-2)18-14(10-11-20)12-15-13-16(19(3,4)5)8-9-17(15)21-18/h8-9,12-13H,6-7,10H2,1-5H3. The Kier molecular flexibility index (Phi) is 4.71. The summed E-state index contributed by atoms with van der Waals surface area (Å²) in [5, 5.41) is 10.3. The van der Waals surface area contributed by atoms with Gasteiger partial charge in [-0.3, -0.25) is 0 Å². The molecule has 0 radical (unpaired) electrons. The lowest BCUT2D eigenvalue weighted by molar-refractivity contribution is 0.591. The van der Waals surface area contributed by atoms with Crippen molar-refractivity contribution in [3.8, 4) is 6.07 Å². The van der Waals surface area contributed by atoms with Crippen LogP contribution < -0.4 is 4.90 Å². The molecule has 0 amide bonds. The van der Waals surface area contributed by atoms with E-state index < -0.39 is 0 Å². The molecule has 0 spiro atoms. The quantitative estimate of drug-likeness (QED) is 0.837. The lowest BCUT2D eigenvalue weighted by atomic mass is 9.86. The van der Waals surface area contributed by atoms with Crippen molar-refractivity contribution in [1.82, 2.24) is 4.98 Å². The number of nitriles is 1. The van der Waals surface area contributed by atoms with Gasteiger partial charge in [-0.15, -0.1) is 0 Å². The molecule has 2 rings (SSSR count). The first-order valence-corrected chi connectivity index (χ1v) is 7.96. The molecule has 3 heteroatoms. The number of rotatable bonds is 4. The predicted molar refractivity (Wildman–Crippen MR) is 93.3 cm³/mol. The van der Waals surface area contributed by atoms with Crippen molar-refractivity contribution in [1.29, 1.82) is 5.26 Å². The van der Waals surface area contributed by atoms with Gasteiger partial charge >= 0.3 is 0 Å². The number of nitrogens with zero attached hydrogens (tertiary/aromatic N) is 3. The van der Waals surface area contributed by atoms with Gasteiger partial charge in [0.15, 0.2) is 0 Å². The van der Waals surface area contributed by atoms with E-state index in [1.807, 2.05) is 0 Å². The van der Waals surface area contributed by atoms with Crippen LogP contribution in [0, 0.1) is 11.3 Å². The third-order valence-electron chi connectivity index (χ3n) is 4.07.